The van der Waals surface area contributed by atoms with E-state index in [0.29, 0.717) is 6.42 Å². The fourth-order valence-electron chi connectivity index (χ4n) is 2.65. The lowest BCUT2D eigenvalue weighted by Crippen LogP contribution is -2.50. The van der Waals surface area contributed by atoms with E-state index in [-0.39, 0.29) is 22.9 Å². The van der Waals surface area contributed by atoms with Crippen molar-refractivity contribution in [1.82, 2.24) is 4.31 Å². The summed E-state index contributed by atoms with van der Waals surface area (Å²) in [6.45, 7) is 5.35. The van der Waals surface area contributed by atoms with Gasteiger partial charge in [0, 0.05) is 16.6 Å². The molecule has 0 aliphatic carbocycles. The fraction of sp³-hybridized carbons (Fsp3) is 0.429. The Balaban J connectivity index is 2.47. The highest BCUT2D eigenvalue weighted by atomic mass is 79.9. The molecular weight excluding hydrogens is 390 g/mol. The Bertz CT molecular complexity index is 772. The van der Waals surface area contributed by atoms with Gasteiger partial charge in [-0.25, -0.2) is 16.8 Å². The predicted molar refractivity (Wildman–Crippen MR) is 89.9 cm³/mol. The molecule has 1 aliphatic heterocycles. The number of rotatable bonds is 5. The van der Waals surface area contributed by atoms with Gasteiger partial charge < -0.3 is 0 Å². The first-order valence-electron chi connectivity index (χ1n) is 6.70. The smallest absolute Gasteiger partial charge is 0.229 e. The highest BCUT2D eigenvalue weighted by Gasteiger charge is 2.47. The van der Waals surface area contributed by atoms with Crippen molar-refractivity contribution >= 4 is 35.8 Å². The Hall–Kier alpha value is -0.700. The topological polar surface area (TPSA) is 71.5 Å². The highest BCUT2D eigenvalue weighted by molar-refractivity contribution is 9.10. The lowest BCUT2D eigenvalue weighted by molar-refractivity contribution is 0.252. The Labute approximate surface area is 140 Å². The zero-order valence-electron chi connectivity index (χ0n) is 12.2. The average molecular weight is 408 g/mol. The van der Waals surface area contributed by atoms with Gasteiger partial charge in [-0.15, -0.1) is 6.58 Å². The monoisotopic (exact) mass is 407 g/mol. The Morgan fingerprint density at radius 3 is 2.41 bits per heavy atom. The van der Waals surface area contributed by atoms with Gasteiger partial charge in [0.05, 0.1) is 16.4 Å². The molecule has 1 atom stereocenters. The van der Waals surface area contributed by atoms with Gasteiger partial charge in [-0.05, 0) is 37.6 Å². The summed E-state index contributed by atoms with van der Waals surface area (Å²) in [7, 11) is -7.01. The summed E-state index contributed by atoms with van der Waals surface area (Å²) in [5, 5.41) is 0. The van der Waals surface area contributed by atoms with E-state index in [1.165, 1.54) is 22.5 Å². The number of sulfone groups is 1. The molecule has 1 aromatic carbocycles. The number of nitrogens with zero attached hydrogens (tertiary/aromatic N) is 1. The zero-order chi connectivity index (χ0) is 16.6. The van der Waals surface area contributed by atoms with E-state index in [2.05, 4.69) is 22.5 Å². The summed E-state index contributed by atoms with van der Waals surface area (Å²) < 4.78 is 51.5. The minimum Gasteiger partial charge on any atom is -0.229 e. The van der Waals surface area contributed by atoms with Gasteiger partial charge in [0.25, 0.3) is 0 Å². The minimum absolute atomic E-state index is 0.00695. The SMILES string of the molecule is C=CCN([C@]1(C)CCS(=O)(=O)C1)S(=O)(=O)c1ccc(Br)cc1. The molecule has 1 aliphatic rings. The quantitative estimate of drug-likeness (QED) is 0.701. The van der Waals surface area contributed by atoms with Crippen molar-refractivity contribution < 1.29 is 16.8 Å². The normalized spacial score (nSPS) is 24.5. The van der Waals surface area contributed by atoms with Crippen LogP contribution in [0.15, 0.2) is 46.3 Å². The molecule has 0 aromatic heterocycles. The number of hydrogen-bond acceptors (Lipinski definition) is 4. The van der Waals surface area contributed by atoms with Gasteiger partial charge in [0.15, 0.2) is 9.84 Å². The maximum atomic E-state index is 12.9. The lowest BCUT2D eigenvalue weighted by Gasteiger charge is -2.35. The largest absolute Gasteiger partial charge is 0.243 e. The van der Waals surface area contributed by atoms with E-state index in [1.807, 2.05) is 0 Å². The van der Waals surface area contributed by atoms with Gasteiger partial charge in [-0.2, -0.15) is 4.31 Å². The first-order chi connectivity index (χ1) is 10.1. The van der Waals surface area contributed by atoms with Crippen LogP contribution in [0, 0.1) is 0 Å². The van der Waals surface area contributed by atoms with E-state index in [1.54, 1.807) is 19.1 Å². The van der Waals surface area contributed by atoms with Gasteiger partial charge >= 0.3 is 0 Å². The summed E-state index contributed by atoms with van der Waals surface area (Å²) in [5.74, 6) is -0.156. The predicted octanol–water partition coefficient (Wildman–Crippen LogP) is 2.20. The molecule has 1 heterocycles. The Morgan fingerprint density at radius 2 is 1.95 bits per heavy atom. The van der Waals surface area contributed by atoms with Crippen LogP contribution in [0.3, 0.4) is 0 Å². The van der Waals surface area contributed by atoms with E-state index >= 15 is 0 Å². The highest BCUT2D eigenvalue weighted by Crippen LogP contribution is 2.34. The molecule has 2 rings (SSSR count). The molecule has 122 valence electrons. The number of halogens is 1. The second-order valence-electron chi connectivity index (χ2n) is 5.62. The van der Waals surface area contributed by atoms with E-state index in [9.17, 15) is 16.8 Å². The Morgan fingerprint density at radius 1 is 1.36 bits per heavy atom. The third-order valence-electron chi connectivity index (χ3n) is 3.78. The summed E-state index contributed by atoms with van der Waals surface area (Å²) in [4.78, 5) is 0.142. The van der Waals surface area contributed by atoms with Crippen molar-refractivity contribution in [1.29, 1.82) is 0 Å². The molecule has 0 unspecified atom stereocenters. The first-order valence-corrected chi connectivity index (χ1v) is 10.8. The van der Waals surface area contributed by atoms with Crippen molar-refractivity contribution in [2.75, 3.05) is 18.1 Å². The molecule has 5 nitrogen and oxygen atoms in total. The lowest BCUT2D eigenvalue weighted by atomic mass is 10.0. The van der Waals surface area contributed by atoms with E-state index < -0.39 is 25.4 Å². The summed E-state index contributed by atoms with van der Waals surface area (Å²) >= 11 is 3.27. The molecule has 0 N–H and O–H groups in total. The van der Waals surface area contributed by atoms with Crippen LogP contribution < -0.4 is 0 Å². The molecule has 0 saturated carbocycles. The fourth-order valence-corrected chi connectivity index (χ4v) is 6.91. The maximum Gasteiger partial charge on any atom is 0.243 e. The second-order valence-corrected chi connectivity index (χ2v) is 10.6. The number of sulfonamides is 1. The van der Waals surface area contributed by atoms with Gasteiger partial charge in [-0.1, -0.05) is 22.0 Å². The molecule has 8 heteroatoms. The molecular formula is C14H18BrNO4S2. The van der Waals surface area contributed by atoms with E-state index in [4.69, 9.17) is 0 Å². The Kier molecular flexibility index (Phi) is 4.87. The molecule has 0 amide bonds. The summed E-state index contributed by atoms with van der Waals surface area (Å²) in [6, 6.07) is 6.30. The van der Waals surface area contributed by atoms with Crippen LogP contribution >= 0.6 is 15.9 Å². The van der Waals surface area contributed by atoms with Crippen LogP contribution in [-0.2, 0) is 19.9 Å². The van der Waals surface area contributed by atoms with E-state index in [0.717, 1.165) is 4.47 Å². The molecule has 1 aromatic rings. The number of benzene rings is 1. The van der Waals surface area contributed by atoms with Gasteiger partial charge in [0.1, 0.15) is 0 Å². The molecule has 0 radical (unpaired) electrons. The van der Waals surface area contributed by atoms with Crippen molar-refractivity contribution in [3.8, 4) is 0 Å². The van der Waals surface area contributed by atoms with Crippen LogP contribution in [0.25, 0.3) is 0 Å². The third kappa shape index (κ3) is 3.45. The summed E-state index contributed by atoms with van der Waals surface area (Å²) in [6.07, 6.45) is 1.77. The summed E-state index contributed by atoms with van der Waals surface area (Å²) in [5.41, 5.74) is -0.946. The molecule has 0 bridgehead atoms. The molecule has 0 spiro atoms. The van der Waals surface area contributed by atoms with Crippen LogP contribution in [0.2, 0.25) is 0 Å². The minimum atomic E-state index is -3.80. The van der Waals surface area contributed by atoms with Crippen molar-refractivity contribution in [3.05, 3.63) is 41.4 Å². The van der Waals surface area contributed by atoms with Crippen molar-refractivity contribution in [3.63, 3.8) is 0 Å². The molecule has 1 saturated heterocycles. The van der Waals surface area contributed by atoms with Gasteiger partial charge in [0.2, 0.25) is 10.0 Å². The van der Waals surface area contributed by atoms with Crippen LogP contribution in [-0.4, -0.2) is 44.7 Å². The van der Waals surface area contributed by atoms with Crippen LogP contribution in [0.4, 0.5) is 0 Å². The maximum absolute atomic E-state index is 12.9. The average Bonchev–Trinajstić information content (AvgIpc) is 2.71. The van der Waals surface area contributed by atoms with Gasteiger partial charge in [-0.3, -0.25) is 0 Å². The van der Waals surface area contributed by atoms with Crippen molar-refractivity contribution in [2.24, 2.45) is 0 Å². The second kappa shape index (κ2) is 6.07. The third-order valence-corrected chi connectivity index (χ3v) is 8.24. The van der Waals surface area contributed by atoms with Crippen LogP contribution in [0.5, 0.6) is 0 Å². The van der Waals surface area contributed by atoms with Crippen LogP contribution in [0.1, 0.15) is 13.3 Å². The van der Waals surface area contributed by atoms with Crippen molar-refractivity contribution in [2.45, 2.75) is 23.8 Å². The molecule has 1 fully saturated rings. The molecule has 22 heavy (non-hydrogen) atoms. The number of hydrogen-bond donors (Lipinski definition) is 0. The first kappa shape index (κ1) is 17.7. The zero-order valence-corrected chi connectivity index (χ0v) is 15.4. The standard InChI is InChI=1S/C14H18BrNO4S2/c1-3-9-16(14(2)8-10-21(17,18)11-14)22(19,20)13-6-4-12(15)5-7-13/h3-7H,1,8-11H2,2H3/t14-/m1/s1.